The van der Waals surface area contributed by atoms with Gasteiger partial charge in [-0.25, -0.2) is 4.99 Å². The van der Waals surface area contributed by atoms with Crippen LogP contribution in [0.25, 0.3) is 0 Å². The molecular formula is C22H31N3O3. The topological polar surface area (TPSA) is 75.1 Å². The van der Waals surface area contributed by atoms with Gasteiger partial charge >= 0.3 is 0 Å². The highest BCUT2D eigenvalue weighted by atomic mass is 16.5. The van der Waals surface area contributed by atoms with Crippen molar-refractivity contribution < 1.29 is 14.6 Å². The highest BCUT2D eigenvalue weighted by Crippen LogP contribution is 2.29. The van der Waals surface area contributed by atoms with E-state index >= 15 is 0 Å². The van der Waals surface area contributed by atoms with Crippen molar-refractivity contribution in [2.45, 2.75) is 40.3 Å². The fourth-order valence-corrected chi connectivity index (χ4v) is 3.09. The molecule has 0 saturated heterocycles. The Morgan fingerprint density at radius 3 is 2.36 bits per heavy atom. The number of benzene rings is 2. The largest absolute Gasteiger partial charge is 0.507 e. The van der Waals surface area contributed by atoms with Gasteiger partial charge in [0.2, 0.25) is 0 Å². The van der Waals surface area contributed by atoms with Crippen molar-refractivity contribution in [2.75, 3.05) is 20.8 Å². The number of hydrogen-bond donors (Lipinski definition) is 3. The van der Waals surface area contributed by atoms with Crippen LogP contribution in [-0.4, -0.2) is 31.8 Å². The van der Waals surface area contributed by atoms with Crippen molar-refractivity contribution in [1.82, 2.24) is 10.6 Å². The first kappa shape index (κ1) is 21.4. The van der Waals surface area contributed by atoms with Crippen LogP contribution in [0.4, 0.5) is 0 Å². The first-order chi connectivity index (χ1) is 13.4. The number of nitrogens with one attached hydrogen (secondary N) is 2. The van der Waals surface area contributed by atoms with Crippen molar-refractivity contribution in [3.05, 3.63) is 52.6 Å². The van der Waals surface area contributed by atoms with E-state index in [4.69, 9.17) is 14.5 Å². The van der Waals surface area contributed by atoms with Gasteiger partial charge in [-0.1, -0.05) is 12.1 Å². The summed E-state index contributed by atoms with van der Waals surface area (Å²) in [6, 6.07) is 9.63. The van der Waals surface area contributed by atoms with Gasteiger partial charge in [-0.05, 0) is 62.6 Å². The van der Waals surface area contributed by atoms with Gasteiger partial charge in [0.1, 0.15) is 17.2 Å². The number of methoxy groups -OCH3 is 2. The molecule has 0 saturated carbocycles. The second-order valence-electron chi connectivity index (χ2n) is 6.75. The Bertz CT molecular complexity index is 811. The van der Waals surface area contributed by atoms with Gasteiger partial charge in [0, 0.05) is 12.1 Å². The van der Waals surface area contributed by atoms with E-state index in [9.17, 15) is 5.11 Å². The molecule has 2 aromatic rings. The minimum absolute atomic E-state index is 0.0360. The maximum Gasteiger partial charge on any atom is 0.192 e. The number of aliphatic imine (C=N–C) groups is 1. The van der Waals surface area contributed by atoms with Gasteiger partial charge in [0.15, 0.2) is 5.96 Å². The van der Waals surface area contributed by atoms with E-state index in [2.05, 4.69) is 17.6 Å². The lowest BCUT2D eigenvalue weighted by Gasteiger charge is -2.21. The highest BCUT2D eigenvalue weighted by molar-refractivity contribution is 5.80. The third-order valence-corrected chi connectivity index (χ3v) is 4.57. The molecule has 0 aliphatic heterocycles. The van der Waals surface area contributed by atoms with Gasteiger partial charge in [0.25, 0.3) is 0 Å². The van der Waals surface area contributed by atoms with Gasteiger partial charge in [0.05, 0.1) is 26.8 Å². The van der Waals surface area contributed by atoms with Crippen LogP contribution in [0.1, 0.15) is 42.1 Å². The van der Waals surface area contributed by atoms with Crippen molar-refractivity contribution in [3.8, 4) is 17.2 Å². The molecule has 0 spiro atoms. The molecule has 1 atom stereocenters. The number of aromatic hydroxyl groups is 1. The molecule has 0 aliphatic rings. The van der Waals surface area contributed by atoms with Crippen LogP contribution in [0, 0.1) is 13.8 Å². The normalized spacial score (nSPS) is 12.4. The molecule has 0 radical (unpaired) electrons. The molecule has 0 aliphatic carbocycles. The maximum atomic E-state index is 9.95. The zero-order chi connectivity index (χ0) is 20.7. The summed E-state index contributed by atoms with van der Waals surface area (Å²) in [6.45, 7) is 9.15. The Hall–Kier alpha value is -2.89. The Kier molecular flexibility index (Phi) is 7.55. The SMILES string of the molecule is CCNC(=NCc1cc(C)c(O)c(C)c1)NC(C)c1cc(OC)ccc1OC. The summed E-state index contributed by atoms with van der Waals surface area (Å²) in [5, 5.41) is 16.6. The lowest BCUT2D eigenvalue weighted by molar-refractivity contribution is 0.394. The summed E-state index contributed by atoms with van der Waals surface area (Å²) in [4.78, 5) is 4.70. The predicted octanol–water partition coefficient (Wildman–Crippen LogP) is 3.84. The summed E-state index contributed by atoms with van der Waals surface area (Å²) in [5.74, 6) is 2.63. The molecule has 152 valence electrons. The van der Waals surface area contributed by atoms with E-state index in [0.29, 0.717) is 18.3 Å². The Balaban J connectivity index is 2.21. The summed E-state index contributed by atoms with van der Waals surface area (Å²) in [7, 11) is 3.31. The van der Waals surface area contributed by atoms with Crippen molar-refractivity contribution in [2.24, 2.45) is 4.99 Å². The van der Waals surface area contributed by atoms with Gasteiger partial charge in [-0.2, -0.15) is 0 Å². The fourth-order valence-electron chi connectivity index (χ4n) is 3.09. The van der Waals surface area contributed by atoms with Crippen molar-refractivity contribution >= 4 is 5.96 Å². The number of rotatable bonds is 7. The number of phenols is 1. The summed E-state index contributed by atoms with van der Waals surface area (Å²) in [6.07, 6.45) is 0. The second-order valence-corrected chi connectivity index (χ2v) is 6.75. The monoisotopic (exact) mass is 385 g/mol. The molecule has 28 heavy (non-hydrogen) atoms. The quantitative estimate of drug-likeness (QED) is 0.499. The van der Waals surface area contributed by atoms with E-state index in [1.807, 2.05) is 51.1 Å². The minimum Gasteiger partial charge on any atom is -0.507 e. The first-order valence-corrected chi connectivity index (χ1v) is 9.45. The van der Waals surface area contributed by atoms with Gasteiger partial charge < -0.3 is 25.2 Å². The molecule has 0 bridgehead atoms. The summed E-state index contributed by atoms with van der Waals surface area (Å²) in [5.41, 5.74) is 3.76. The smallest absolute Gasteiger partial charge is 0.192 e. The van der Waals surface area contributed by atoms with E-state index in [1.165, 1.54) is 0 Å². The Morgan fingerprint density at radius 1 is 1.11 bits per heavy atom. The van der Waals surface area contributed by atoms with E-state index < -0.39 is 0 Å². The third kappa shape index (κ3) is 5.31. The molecule has 2 aromatic carbocycles. The third-order valence-electron chi connectivity index (χ3n) is 4.57. The zero-order valence-corrected chi connectivity index (χ0v) is 17.6. The number of ether oxygens (including phenoxy) is 2. The molecule has 0 aromatic heterocycles. The van der Waals surface area contributed by atoms with Crippen LogP contribution in [0.5, 0.6) is 17.2 Å². The fraction of sp³-hybridized carbons (Fsp3) is 0.409. The van der Waals surface area contributed by atoms with Crippen molar-refractivity contribution in [1.29, 1.82) is 0 Å². The molecule has 0 amide bonds. The summed E-state index contributed by atoms with van der Waals surface area (Å²) >= 11 is 0. The molecule has 1 unspecified atom stereocenters. The Labute approximate surface area is 167 Å². The van der Waals surface area contributed by atoms with E-state index in [0.717, 1.165) is 40.3 Å². The van der Waals surface area contributed by atoms with Crippen LogP contribution >= 0.6 is 0 Å². The first-order valence-electron chi connectivity index (χ1n) is 9.45. The Morgan fingerprint density at radius 2 is 1.79 bits per heavy atom. The molecule has 6 heteroatoms. The second kappa shape index (κ2) is 9.88. The number of nitrogens with zero attached hydrogens (tertiary/aromatic N) is 1. The molecule has 0 heterocycles. The minimum atomic E-state index is -0.0360. The standard InChI is InChI=1S/C22H31N3O3/c1-7-23-22(24-13-17-10-14(2)21(26)15(3)11-17)25-16(4)19-12-18(27-5)8-9-20(19)28-6/h8-12,16,26H,7,13H2,1-6H3,(H2,23,24,25). The van der Waals surface area contributed by atoms with Crippen LogP contribution in [0.3, 0.4) is 0 Å². The van der Waals surface area contributed by atoms with Crippen LogP contribution in [0.15, 0.2) is 35.3 Å². The highest BCUT2D eigenvalue weighted by Gasteiger charge is 2.14. The van der Waals surface area contributed by atoms with Gasteiger partial charge in [-0.3, -0.25) is 0 Å². The molecule has 2 rings (SSSR count). The summed E-state index contributed by atoms with van der Waals surface area (Å²) < 4.78 is 10.8. The average molecular weight is 386 g/mol. The number of hydrogen-bond acceptors (Lipinski definition) is 4. The molecular weight excluding hydrogens is 354 g/mol. The number of aryl methyl sites for hydroxylation is 2. The van der Waals surface area contributed by atoms with Gasteiger partial charge in [-0.15, -0.1) is 0 Å². The zero-order valence-electron chi connectivity index (χ0n) is 17.6. The maximum absolute atomic E-state index is 9.95. The lowest BCUT2D eigenvalue weighted by Crippen LogP contribution is -2.38. The van der Waals surface area contributed by atoms with Crippen LogP contribution in [-0.2, 0) is 6.54 Å². The van der Waals surface area contributed by atoms with Crippen molar-refractivity contribution in [3.63, 3.8) is 0 Å². The number of phenolic OH excluding ortho intramolecular Hbond substituents is 1. The van der Waals surface area contributed by atoms with E-state index in [1.54, 1.807) is 14.2 Å². The van der Waals surface area contributed by atoms with Crippen LogP contribution in [0.2, 0.25) is 0 Å². The number of guanidine groups is 1. The molecule has 6 nitrogen and oxygen atoms in total. The molecule has 3 N–H and O–H groups in total. The average Bonchev–Trinajstić information content (AvgIpc) is 2.69. The van der Waals surface area contributed by atoms with E-state index in [-0.39, 0.29) is 6.04 Å². The predicted molar refractivity (Wildman–Crippen MR) is 113 cm³/mol. The lowest BCUT2D eigenvalue weighted by atomic mass is 10.1. The molecule has 0 fully saturated rings. The van der Waals surface area contributed by atoms with Crippen LogP contribution < -0.4 is 20.1 Å².